The summed E-state index contributed by atoms with van der Waals surface area (Å²) < 4.78 is 35.8. The lowest BCUT2D eigenvalue weighted by molar-refractivity contribution is 0.185. The van der Waals surface area contributed by atoms with E-state index in [0.29, 0.717) is 12.2 Å². The zero-order valence-corrected chi connectivity index (χ0v) is 12.1. The van der Waals surface area contributed by atoms with Crippen LogP contribution in [0.3, 0.4) is 0 Å². The maximum Gasteiger partial charge on any atom is 0.246 e. The van der Waals surface area contributed by atoms with Crippen molar-refractivity contribution < 1.29 is 23.0 Å². The Morgan fingerprint density at radius 3 is 2.53 bits per heavy atom. The third-order valence-electron chi connectivity index (χ3n) is 2.71. The Labute approximate surface area is 113 Å². The van der Waals surface area contributed by atoms with Crippen LogP contribution in [0.1, 0.15) is 5.56 Å². The van der Waals surface area contributed by atoms with E-state index in [-0.39, 0.29) is 23.8 Å². The van der Waals surface area contributed by atoms with E-state index in [1.165, 1.54) is 37.7 Å². The predicted molar refractivity (Wildman–Crippen MR) is 70.6 cm³/mol. The van der Waals surface area contributed by atoms with E-state index in [2.05, 4.69) is 0 Å². The standard InChI is InChI=1S/C12H19NO5S/c1-13(6-7-17-2)19(15,16)12-5-4-10(9-14)8-11(12)18-3/h4-5,8,14H,6-7,9H2,1-3H3. The minimum Gasteiger partial charge on any atom is -0.495 e. The minimum atomic E-state index is -3.63. The van der Waals surface area contributed by atoms with Gasteiger partial charge in [0.15, 0.2) is 0 Å². The van der Waals surface area contributed by atoms with Crippen molar-refractivity contribution >= 4 is 10.0 Å². The fourth-order valence-electron chi connectivity index (χ4n) is 1.53. The Hall–Kier alpha value is -1.15. The third-order valence-corrected chi connectivity index (χ3v) is 4.61. The predicted octanol–water partition coefficient (Wildman–Crippen LogP) is 0.454. The highest BCUT2D eigenvalue weighted by Gasteiger charge is 2.24. The van der Waals surface area contributed by atoms with Gasteiger partial charge in [-0.15, -0.1) is 0 Å². The Balaban J connectivity index is 3.13. The second-order valence-electron chi connectivity index (χ2n) is 3.96. The summed E-state index contributed by atoms with van der Waals surface area (Å²) >= 11 is 0. The van der Waals surface area contributed by atoms with Crippen molar-refractivity contribution in [2.24, 2.45) is 0 Å². The van der Waals surface area contributed by atoms with E-state index in [4.69, 9.17) is 14.6 Å². The van der Waals surface area contributed by atoms with Crippen molar-refractivity contribution in [3.63, 3.8) is 0 Å². The topological polar surface area (TPSA) is 76.1 Å². The molecule has 0 atom stereocenters. The van der Waals surface area contributed by atoms with Gasteiger partial charge in [0.05, 0.1) is 20.3 Å². The number of sulfonamides is 1. The van der Waals surface area contributed by atoms with Gasteiger partial charge in [0.1, 0.15) is 10.6 Å². The van der Waals surface area contributed by atoms with Gasteiger partial charge >= 0.3 is 0 Å². The number of rotatable bonds is 7. The zero-order chi connectivity index (χ0) is 14.5. The second-order valence-corrected chi connectivity index (χ2v) is 5.98. The molecule has 0 heterocycles. The molecule has 0 aromatic heterocycles. The number of hydrogen-bond donors (Lipinski definition) is 1. The van der Waals surface area contributed by atoms with Crippen LogP contribution in [0.5, 0.6) is 5.75 Å². The van der Waals surface area contributed by atoms with Crippen molar-refractivity contribution in [3.8, 4) is 5.75 Å². The Morgan fingerprint density at radius 2 is 2.00 bits per heavy atom. The number of methoxy groups -OCH3 is 2. The number of aliphatic hydroxyl groups excluding tert-OH is 1. The van der Waals surface area contributed by atoms with Crippen molar-refractivity contribution in [1.82, 2.24) is 4.31 Å². The lowest BCUT2D eigenvalue weighted by Crippen LogP contribution is -2.30. The number of likely N-dealkylation sites (N-methyl/N-ethyl adjacent to an activating group) is 1. The highest BCUT2D eigenvalue weighted by Crippen LogP contribution is 2.27. The van der Waals surface area contributed by atoms with E-state index in [9.17, 15) is 8.42 Å². The van der Waals surface area contributed by atoms with Crippen molar-refractivity contribution in [1.29, 1.82) is 0 Å². The summed E-state index contributed by atoms with van der Waals surface area (Å²) in [5.74, 6) is 0.218. The van der Waals surface area contributed by atoms with E-state index in [1.54, 1.807) is 6.07 Å². The SMILES string of the molecule is COCCN(C)S(=O)(=O)c1ccc(CO)cc1OC. The van der Waals surface area contributed by atoms with Gasteiger partial charge in [0.2, 0.25) is 10.0 Å². The molecule has 0 radical (unpaired) electrons. The monoisotopic (exact) mass is 289 g/mol. The van der Waals surface area contributed by atoms with Gasteiger partial charge in [0.25, 0.3) is 0 Å². The first-order valence-electron chi connectivity index (χ1n) is 5.70. The van der Waals surface area contributed by atoms with Crippen LogP contribution in [-0.2, 0) is 21.4 Å². The number of benzene rings is 1. The summed E-state index contributed by atoms with van der Waals surface area (Å²) in [4.78, 5) is 0.0748. The molecule has 108 valence electrons. The first-order chi connectivity index (χ1) is 8.97. The van der Waals surface area contributed by atoms with Gasteiger partial charge < -0.3 is 14.6 Å². The summed E-state index contributed by atoms with van der Waals surface area (Å²) in [5.41, 5.74) is 0.593. The average molecular weight is 289 g/mol. The lowest BCUT2D eigenvalue weighted by atomic mass is 10.2. The molecule has 1 N–H and O–H groups in total. The smallest absolute Gasteiger partial charge is 0.246 e. The van der Waals surface area contributed by atoms with E-state index < -0.39 is 10.0 Å². The molecule has 0 fully saturated rings. The van der Waals surface area contributed by atoms with E-state index in [1.807, 2.05) is 0 Å². The third kappa shape index (κ3) is 3.66. The Morgan fingerprint density at radius 1 is 1.32 bits per heavy atom. The lowest BCUT2D eigenvalue weighted by Gasteiger charge is -2.18. The highest BCUT2D eigenvalue weighted by atomic mass is 32.2. The number of hydrogen-bond acceptors (Lipinski definition) is 5. The second kappa shape index (κ2) is 6.85. The molecule has 6 nitrogen and oxygen atoms in total. The maximum atomic E-state index is 12.3. The van der Waals surface area contributed by atoms with Gasteiger partial charge in [-0.3, -0.25) is 0 Å². The fourth-order valence-corrected chi connectivity index (χ4v) is 2.82. The van der Waals surface area contributed by atoms with E-state index >= 15 is 0 Å². The van der Waals surface area contributed by atoms with Crippen molar-refractivity contribution in [2.45, 2.75) is 11.5 Å². The molecule has 1 aromatic rings. The van der Waals surface area contributed by atoms with Crippen molar-refractivity contribution in [3.05, 3.63) is 23.8 Å². The summed E-state index contributed by atoms with van der Waals surface area (Å²) in [6.07, 6.45) is 0. The van der Waals surface area contributed by atoms with Gasteiger partial charge in [0, 0.05) is 20.7 Å². The molecule has 7 heteroatoms. The largest absolute Gasteiger partial charge is 0.495 e. The Kier molecular flexibility index (Phi) is 5.74. The van der Waals surface area contributed by atoms with Crippen LogP contribution in [-0.4, -0.2) is 52.2 Å². The van der Waals surface area contributed by atoms with Crippen LogP contribution in [0.15, 0.2) is 23.1 Å². The molecule has 0 saturated heterocycles. The molecule has 0 aliphatic rings. The molecule has 0 amide bonds. The molecule has 0 unspecified atom stereocenters. The summed E-state index contributed by atoms with van der Waals surface area (Å²) in [6.45, 7) is 0.396. The normalized spacial score (nSPS) is 11.8. The molecule has 19 heavy (non-hydrogen) atoms. The van der Waals surface area contributed by atoms with Crippen molar-refractivity contribution in [2.75, 3.05) is 34.4 Å². The van der Waals surface area contributed by atoms with Gasteiger partial charge in [-0.05, 0) is 17.7 Å². The molecule has 1 rings (SSSR count). The molecule has 0 aliphatic carbocycles. The molecule has 0 saturated carbocycles. The van der Waals surface area contributed by atoms with Crippen LogP contribution >= 0.6 is 0 Å². The summed E-state index contributed by atoms with van der Waals surface area (Å²) in [5, 5.41) is 9.04. The highest BCUT2D eigenvalue weighted by molar-refractivity contribution is 7.89. The van der Waals surface area contributed by atoms with Crippen LogP contribution in [0.4, 0.5) is 0 Å². The fraction of sp³-hybridized carbons (Fsp3) is 0.500. The van der Waals surface area contributed by atoms with Crippen LogP contribution in [0.25, 0.3) is 0 Å². The summed E-state index contributed by atoms with van der Waals surface area (Å²) in [7, 11) is 0.752. The van der Waals surface area contributed by atoms with Crippen LogP contribution in [0, 0.1) is 0 Å². The molecular formula is C12H19NO5S. The molecule has 0 bridgehead atoms. The van der Waals surface area contributed by atoms with Gasteiger partial charge in [-0.1, -0.05) is 6.07 Å². The zero-order valence-electron chi connectivity index (χ0n) is 11.3. The summed E-state index contributed by atoms with van der Waals surface area (Å²) in [6, 6.07) is 4.50. The quantitative estimate of drug-likeness (QED) is 0.789. The van der Waals surface area contributed by atoms with E-state index in [0.717, 1.165) is 0 Å². The molecule has 0 spiro atoms. The first-order valence-corrected chi connectivity index (χ1v) is 7.14. The number of ether oxygens (including phenoxy) is 2. The molecular weight excluding hydrogens is 270 g/mol. The van der Waals surface area contributed by atoms with Gasteiger partial charge in [-0.2, -0.15) is 4.31 Å². The molecule has 1 aromatic carbocycles. The molecule has 0 aliphatic heterocycles. The van der Waals surface area contributed by atoms with Crippen LogP contribution in [0.2, 0.25) is 0 Å². The Bertz CT molecular complexity index is 515. The minimum absolute atomic E-state index is 0.0748. The number of aliphatic hydroxyl groups is 1. The average Bonchev–Trinajstić information content (AvgIpc) is 2.43. The number of nitrogens with zero attached hydrogens (tertiary/aromatic N) is 1. The first kappa shape index (κ1) is 15.9. The van der Waals surface area contributed by atoms with Crippen LogP contribution < -0.4 is 4.74 Å². The maximum absolute atomic E-state index is 12.3. The van der Waals surface area contributed by atoms with Gasteiger partial charge in [-0.25, -0.2) is 8.42 Å².